The maximum atomic E-state index is 12.6. The SMILES string of the molecule is CC(=O)N1CCN(C(=O)c2ccc(N(C)CCc3ccncc3)cn2)CC1. The van der Waals surface area contributed by atoms with Crippen LogP contribution in [0.4, 0.5) is 5.69 Å². The van der Waals surface area contributed by atoms with Crippen molar-refractivity contribution in [3.63, 3.8) is 0 Å². The van der Waals surface area contributed by atoms with E-state index in [-0.39, 0.29) is 11.8 Å². The second-order valence-electron chi connectivity index (χ2n) is 6.73. The summed E-state index contributed by atoms with van der Waals surface area (Å²) in [6, 6.07) is 7.73. The number of hydrogen-bond donors (Lipinski definition) is 0. The molecule has 3 heterocycles. The zero-order chi connectivity index (χ0) is 19.2. The summed E-state index contributed by atoms with van der Waals surface area (Å²) in [7, 11) is 2.01. The fourth-order valence-corrected chi connectivity index (χ4v) is 3.10. The van der Waals surface area contributed by atoms with Crippen molar-refractivity contribution in [3.8, 4) is 0 Å². The first kappa shape index (κ1) is 18.8. The number of carbonyl (C=O) groups excluding carboxylic acids is 2. The van der Waals surface area contributed by atoms with E-state index < -0.39 is 0 Å². The van der Waals surface area contributed by atoms with Gasteiger partial charge in [-0.25, -0.2) is 4.98 Å². The molecule has 0 saturated carbocycles. The predicted octanol–water partition coefficient (Wildman–Crippen LogP) is 1.46. The first-order chi connectivity index (χ1) is 13.0. The summed E-state index contributed by atoms with van der Waals surface area (Å²) in [5.74, 6) is -0.0245. The first-order valence-electron chi connectivity index (χ1n) is 9.15. The summed E-state index contributed by atoms with van der Waals surface area (Å²) in [5.41, 5.74) is 2.65. The van der Waals surface area contributed by atoms with E-state index in [4.69, 9.17) is 0 Å². The Morgan fingerprint density at radius 1 is 1.04 bits per heavy atom. The highest BCUT2D eigenvalue weighted by Crippen LogP contribution is 2.14. The average molecular weight is 367 g/mol. The number of aromatic nitrogens is 2. The molecule has 2 amide bonds. The van der Waals surface area contributed by atoms with Gasteiger partial charge >= 0.3 is 0 Å². The molecule has 2 aromatic heterocycles. The molecule has 0 atom stereocenters. The van der Waals surface area contributed by atoms with Crippen LogP contribution in [-0.4, -0.2) is 71.4 Å². The van der Waals surface area contributed by atoms with Crippen LogP contribution in [0.25, 0.3) is 0 Å². The Morgan fingerprint density at radius 2 is 1.70 bits per heavy atom. The van der Waals surface area contributed by atoms with E-state index in [1.165, 1.54) is 5.56 Å². The lowest BCUT2D eigenvalue weighted by Gasteiger charge is -2.34. The predicted molar refractivity (Wildman–Crippen MR) is 104 cm³/mol. The molecule has 0 aliphatic carbocycles. The number of nitrogens with zero attached hydrogens (tertiary/aromatic N) is 5. The van der Waals surface area contributed by atoms with Gasteiger partial charge in [-0.1, -0.05) is 0 Å². The second-order valence-corrected chi connectivity index (χ2v) is 6.73. The molecular formula is C20H25N5O2. The number of carbonyl (C=O) groups is 2. The van der Waals surface area contributed by atoms with Gasteiger partial charge in [0.25, 0.3) is 5.91 Å². The minimum atomic E-state index is -0.0795. The van der Waals surface area contributed by atoms with Crippen molar-refractivity contribution in [3.05, 3.63) is 54.1 Å². The van der Waals surface area contributed by atoms with Gasteiger partial charge in [0.1, 0.15) is 5.69 Å². The molecule has 7 nitrogen and oxygen atoms in total. The van der Waals surface area contributed by atoms with Crippen molar-refractivity contribution < 1.29 is 9.59 Å². The van der Waals surface area contributed by atoms with E-state index in [1.54, 1.807) is 41.4 Å². The van der Waals surface area contributed by atoms with Crippen molar-refractivity contribution in [2.45, 2.75) is 13.3 Å². The number of pyridine rings is 2. The normalized spacial score (nSPS) is 14.1. The molecule has 1 aliphatic rings. The number of amides is 2. The summed E-state index contributed by atoms with van der Waals surface area (Å²) < 4.78 is 0. The maximum absolute atomic E-state index is 12.6. The van der Waals surface area contributed by atoms with Crippen LogP contribution in [0.1, 0.15) is 23.0 Å². The summed E-state index contributed by atoms with van der Waals surface area (Å²) in [6.07, 6.45) is 6.26. The number of rotatable bonds is 5. The van der Waals surface area contributed by atoms with Gasteiger partial charge in [0.05, 0.1) is 11.9 Å². The minimum Gasteiger partial charge on any atom is -0.373 e. The van der Waals surface area contributed by atoms with Gasteiger partial charge in [0, 0.05) is 59.1 Å². The first-order valence-corrected chi connectivity index (χ1v) is 9.15. The van der Waals surface area contributed by atoms with Gasteiger partial charge in [0.2, 0.25) is 5.91 Å². The van der Waals surface area contributed by atoms with Crippen LogP contribution in [0.3, 0.4) is 0 Å². The molecule has 27 heavy (non-hydrogen) atoms. The van der Waals surface area contributed by atoms with Crippen molar-refractivity contribution in [1.29, 1.82) is 0 Å². The molecule has 7 heteroatoms. The molecular weight excluding hydrogens is 342 g/mol. The van der Waals surface area contributed by atoms with Gasteiger partial charge in [-0.3, -0.25) is 14.6 Å². The van der Waals surface area contributed by atoms with E-state index in [9.17, 15) is 9.59 Å². The van der Waals surface area contributed by atoms with Crippen LogP contribution in [0.2, 0.25) is 0 Å². The third kappa shape index (κ3) is 4.81. The topological polar surface area (TPSA) is 69.6 Å². The van der Waals surface area contributed by atoms with Gasteiger partial charge < -0.3 is 14.7 Å². The highest BCUT2D eigenvalue weighted by atomic mass is 16.2. The quantitative estimate of drug-likeness (QED) is 0.800. The van der Waals surface area contributed by atoms with Crippen LogP contribution in [0, 0.1) is 0 Å². The van der Waals surface area contributed by atoms with Crippen molar-refractivity contribution in [1.82, 2.24) is 19.8 Å². The molecule has 0 N–H and O–H groups in total. The second kappa shape index (κ2) is 8.62. The van der Waals surface area contributed by atoms with Crippen molar-refractivity contribution >= 4 is 17.5 Å². The van der Waals surface area contributed by atoms with Crippen LogP contribution >= 0.6 is 0 Å². The zero-order valence-corrected chi connectivity index (χ0v) is 15.8. The van der Waals surface area contributed by atoms with Crippen LogP contribution in [-0.2, 0) is 11.2 Å². The highest BCUT2D eigenvalue weighted by molar-refractivity contribution is 5.92. The van der Waals surface area contributed by atoms with E-state index >= 15 is 0 Å². The van der Waals surface area contributed by atoms with Crippen LogP contribution in [0.15, 0.2) is 42.9 Å². The Balaban J connectivity index is 1.55. The van der Waals surface area contributed by atoms with Gasteiger partial charge in [-0.2, -0.15) is 0 Å². The average Bonchev–Trinajstić information content (AvgIpc) is 2.72. The van der Waals surface area contributed by atoms with Crippen LogP contribution in [0.5, 0.6) is 0 Å². The molecule has 0 radical (unpaired) electrons. The van der Waals surface area contributed by atoms with Crippen LogP contribution < -0.4 is 4.90 Å². The highest BCUT2D eigenvalue weighted by Gasteiger charge is 2.23. The summed E-state index contributed by atoms with van der Waals surface area (Å²) in [5, 5.41) is 0. The van der Waals surface area contributed by atoms with Crippen molar-refractivity contribution in [2.24, 2.45) is 0 Å². The van der Waals surface area contributed by atoms with E-state index in [1.807, 2.05) is 25.2 Å². The molecule has 142 valence electrons. The van der Waals surface area contributed by atoms with Crippen molar-refractivity contribution in [2.75, 3.05) is 44.7 Å². The lowest BCUT2D eigenvalue weighted by Crippen LogP contribution is -2.50. The third-order valence-corrected chi connectivity index (χ3v) is 4.91. The molecule has 0 unspecified atom stereocenters. The minimum absolute atomic E-state index is 0.0550. The summed E-state index contributed by atoms with van der Waals surface area (Å²) >= 11 is 0. The Bertz CT molecular complexity index is 771. The molecule has 1 fully saturated rings. The molecule has 3 rings (SSSR count). The largest absolute Gasteiger partial charge is 0.373 e. The lowest BCUT2D eigenvalue weighted by molar-refractivity contribution is -0.130. The maximum Gasteiger partial charge on any atom is 0.272 e. The Kier molecular flexibility index (Phi) is 6.01. The zero-order valence-electron chi connectivity index (χ0n) is 15.8. The standard InChI is InChI=1S/C20H25N5O2/c1-16(26)24-11-13-25(14-12-24)20(27)19-4-3-18(15-22-19)23(2)10-7-17-5-8-21-9-6-17/h3-6,8-9,15H,7,10-14H2,1-2H3. The molecule has 1 aliphatic heterocycles. The van der Waals surface area contributed by atoms with Gasteiger partial charge in [0.15, 0.2) is 0 Å². The Hall–Kier alpha value is -2.96. The molecule has 0 aromatic carbocycles. The molecule has 2 aromatic rings. The number of hydrogen-bond acceptors (Lipinski definition) is 5. The van der Waals surface area contributed by atoms with E-state index in [0.29, 0.717) is 31.9 Å². The fourth-order valence-electron chi connectivity index (χ4n) is 3.10. The lowest BCUT2D eigenvalue weighted by atomic mass is 10.2. The number of piperazine rings is 1. The fraction of sp³-hybridized carbons (Fsp3) is 0.400. The molecule has 1 saturated heterocycles. The number of likely N-dealkylation sites (N-methyl/N-ethyl adjacent to an activating group) is 1. The third-order valence-electron chi connectivity index (χ3n) is 4.91. The van der Waals surface area contributed by atoms with E-state index in [2.05, 4.69) is 14.9 Å². The summed E-state index contributed by atoms with van der Waals surface area (Å²) in [6.45, 7) is 4.67. The molecule has 0 spiro atoms. The monoisotopic (exact) mass is 367 g/mol. The summed E-state index contributed by atoms with van der Waals surface area (Å²) in [4.78, 5) is 38.0. The van der Waals surface area contributed by atoms with Gasteiger partial charge in [-0.05, 0) is 36.2 Å². The smallest absolute Gasteiger partial charge is 0.272 e. The Labute approximate surface area is 159 Å². The molecule has 0 bridgehead atoms. The van der Waals surface area contributed by atoms with E-state index in [0.717, 1.165) is 18.7 Å². The number of anilines is 1. The Morgan fingerprint density at radius 3 is 2.30 bits per heavy atom. The van der Waals surface area contributed by atoms with Gasteiger partial charge in [-0.15, -0.1) is 0 Å².